The van der Waals surface area contributed by atoms with Crippen molar-refractivity contribution in [3.63, 3.8) is 0 Å². The summed E-state index contributed by atoms with van der Waals surface area (Å²) in [6.07, 6.45) is 7.29. The number of carbonyl (C=O) groups excluding carboxylic acids is 1. The van der Waals surface area contributed by atoms with Gasteiger partial charge in [-0.3, -0.25) is 9.48 Å². The SMILES string of the molecule is CCOc1ccc(CCCC(=O)N2C[C@H]3C[C@@H](n4cccn4)[C@H](O)C[C@H]3C2)cc1C. The molecule has 0 unspecified atom stereocenters. The molecule has 2 aromatic rings. The number of aryl methyl sites for hydroxylation is 2. The topological polar surface area (TPSA) is 67.6 Å². The van der Waals surface area contributed by atoms with Crippen molar-refractivity contribution in [1.82, 2.24) is 14.7 Å². The summed E-state index contributed by atoms with van der Waals surface area (Å²) in [7, 11) is 0. The van der Waals surface area contributed by atoms with Crippen molar-refractivity contribution in [3.8, 4) is 5.75 Å². The molecule has 2 heterocycles. The number of aromatic nitrogens is 2. The van der Waals surface area contributed by atoms with Crippen LogP contribution in [0.4, 0.5) is 0 Å². The monoisotopic (exact) mass is 411 g/mol. The Morgan fingerprint density at radius 3 is 2.77 bits per heavy atom. The molecule has 1 aromatic heterocycles. The van der Waals surface area contributed by atoms with Crippen LogP contribution in [0.1, 0.15) is 49.8 Å². The minimum atomic E-state index is -0.385. The summed E-state index contributed by atoms with van der Waals surface area (Å²) in [6, 6.07) is 8.22. The number of aliphatic hydroxyl groups excluding tert-OH is 1. The number of hydrogen-bond acceptors (Lipinski definition) is 4. The molecule has 2 aliphatic rings. The smallest absolute Gasteiger partial charge is 0.222 e. The van der Waals surface area contributed by atoms with Crippen LogP contribution in [0.5, 0.6) is 5.75 Å². The van der Waals surface area contributed by atoms with Crippen molar-refractivity contribution in [3.05, 3.63) is 47.8 Å². The highest BCUT2D eigenvalue weighted by Crippen LogP contribution is 2.41. The highest BCUT2D eigenvalue weighted by Gasteiger charge is 2.43. The van der Waals surface area contributed by atoms with Crippen LogP contribution in [0, 0.1) is 18.8 Å². The van der Waals surface area contributed by atoms with E-state index in [1.165, 1.54) is 5.56 Å². The lowest BCUT2D eigenvalue weighted by molar-refractivity contribution is -0.130. The van der Waals surface area contributed by atoms with Crippen LogP contribution in [0.3, 0.4) is 0 Å². The number of fused-ring (bicyclic) bond motifs is 1. The Morgan fingerprint density at radius 2 is 2.07 bits per heavy atom. The zero-order valence-electron chi connectivity index (χ0n) is 18.0. The van der Waals surface area contributed by atoms with Crippen LogP contribution in [0.2, 0.25) is 0 Å². The second-order valence-electron chi connectivity index (χ2n) is 8.80. The number of aliphatic hydroxyl groups is 1. The van der Waals surface area contributed by atoms with Crippen molar-refractivity contribution >= 4 is 5.91 Å². The van der Waals surface area contributed by atoms with E-state index in [-0.39, 0.29) is 18.1 Å². The highest BCUT2D eigenvalue weighted by atomic mass is 16.5. The lowest BCUT2D eigenvalue weighted by Crippen LogP contribution is -2.36. The number of rotatable bonds is 7. The molecule has 0 spiro atoms. The molecular weight excluding hydrogens is 378 g/mol. The molecule has 2 fully saturated rings. The first kappa shape index (κ1) is 20.9. The van der Waals surface area contributed by atoms with Crippen LogP contribution >= 0.6 is 0 Å². The molecule has 1 aliphatic heterocycles. The van der Waals surface area contributed by atoms with E-state index in [9.17, 15) is 9.90 Å². The van der Waals surface area contributed by atoms with Gasteiger partial charge < -0.3 is 14.7 Å². The summed E-state index contributed by atoms with van der Waals surface area (Å²) in [5, 5.41) is 14.9. The van der Waals surface area contributed by atoms with Crippen molar-refractivity contribution in [1.29, 1.82) is 0 Å². The van der Waals surface area contributed by atoms with Crippen molar-refractivity contribution < 1.29 is 14.6 Å². The summed E-state index contributed by atoms with van der Waals surface area (Å²) in [5.74, 6) is 2.05. The lowest BCUT2D eigenvalue weighted by atomic mass is 9.77. The van der Waals surface area contributed by atoms with E-state index in [2.05, 4.69) is 24.2 Å². The van der Waals surface area contributed by atoms with E-state index in [0.29, 0.717) is 24.9 Å². The molecule has 6 nitrogen and oxygen atoms in total. The predicted molar refractivity (Wildman–Crippen MR) is 115 cm³/mol. The molecule has 1 amide bonds. The molecule has 162 valence electrons. The first-order valence-electron chi connectivity index (χ1n) is 11.2. The third-order valence-corrected chi connectivity index (χ3v) is 6.72. The molecule has 0 bridgehead atoms. The molecular formula is C24H33N3O3. The number of nitrogens with zero attached hydrogens (tertiary/aromatic N) is 3. The van der Waals surface area contributed by atoms with Gasteiger partial charge in [0.15, 0.2) is 0 Å². The first-order valence-corrected chi connectivity index (χ1v) is 11.2. The number of likely N-dealkylation sites (tertiary alicyclic amines) is 1. The predicted octanol–water partition coefficient (Wildman–Crippen LogP) is 3.38. The van der Waals surface area contributed by atoms with Crippen LogP contribution < -0.4 is 4.74 Å². The molecule has 1 N–H and O–H groups in total. The molecule has 30 heavy (non-hydrogen) atoms. The van der Waals surface area contributed by atoms with Gasteiger partial charge in [-0.1, -0.05) is 12.1 Å². The maximum atomic E-state index is 12.8. The fourth-order valence-electron chi connectivity index (χ4n) is 5.16. The molecule has 1 saturated carbocycles. The third-order valence-electron chi connectivity index (χ3n) is 6.72. The van der Waals surface area contributed by atoms with Crippen LogP contribution in [0.15, 0.2) is 36.7 Å². The van der Waals surface area contributed by atoms with Gasteiger partial charge in [-0.25, -0.2) is 0 Å². The number of ether oxygens (including phenoxy) is 1. The lowest BCUT2D eigenvalue weighted by Gasteiger charge is -2.35. The molecule has 1 aliphatic carbocycles. The van der Waals surface area contributed by atoms with E-state index in [4.69, 9.17) is 4.74 Å². The largest absolute Gasteiger partial charge is 0.494 e. The number of carbonyl (C=O) groups is 1. The molecule has 6 heteroatoms. The number of amides is 1. The average Bonchev–Trinajstić information content (AvgIpc) is 3.39. The zero-order valence-corrected chi connectivity index (χ0v) is 18.0. The third kappa shape index (κ3) is 4.53. The second-order valence-corrected chi connectivity index (χ2v) is 8.80. The van der Waals surface area contributed by atoms with Crippen LogP contribution in [0.25, 0.3) is 0 Å². The first-order chi connectivity index (χ1) is 14.5. The Bertz CT molecular complexity index is 851. The Hall–Kier alpha value is -2.34. The second kappa shape index (κ2) is 9.21. The van der Waals surface area contributed by atoms with Crippen LogP contribution in [-0.2, 0) is 11.2 Å². The average molecular weight is 412 g/mol. The van der Waals surface area contributed by atoms with E-state index < -0.39 is 0 Å². The standard InChI is InChI=1S/C24H33N3O3/c1-3-30-23-9-8-18(12-17(23)2)6-4-7-24(29)26-15-19-13-21(27-11-5-10-25-27)22(28)14-20(19)16-26/h5,8-12,19-22,28H,3-4,6-7,13-16H2,1-2H3/t19-,20+,21-,22-/m1/s1. The molecule has 1 aromatic carbocycles. The zero-order chi connectivity index (χ0) is 21.1. The van der Waals surface area contributed by atoms with Crippen molar-refractivity contribution in [2.24, 2.45) is 11.8 Å². The summed E-state index contributed by atoms with van der Waals surface area (Å²) in [5.41, 5.74) is 2.40. The fourth-order valence-corrected chi connectivity index (χ4v) is 5.16. The Morgan fingerprint density at radius 1 is 1.27 bits per heavy atom. The van der Waals surface area contributed by atoms with Gasteiger partial charge in [0.05, 0.1) is 18.8 Å². The van der Waals surface area contributed by atoms with Gasteiger partial charge in [0.25, 0.3) is 0 Å². The summed E-state index contributed by atoms with van der Waals surface area (Å²) in [4.78, 5) is 14.8. The summed E-state index contributed by atoms with van der Waals surface area (Å²) in [6.45, 7) is 6.33. The highest BCUT2D eigenvalue weighted by molar-refractivity contribution is 5.76. The number of benzene rings is 1. The molecule has 0 radical (unpaired) electrons. The van der Waals surface area contributed by atoms with E-state index in [1.54, 1.807) is 6.20 Å². The Balaban J connectivity index is 1.27. The van der Waals surface area contributed by atoms with Gasteiger partial charge in [-0.2, -0.15) is 5.10 Å². The summed E-state index contributed by atoms with van der Waals surface area (Å²) < 4.78 is 7.48. The van der Waals surface area contributed by atoms with E-state index >= 15 is 0 Å². The molecule has 4 atom stereocenters. The van der Waals surface area contributed by atoms with Gasteiger partial charge in [-0.15, -0.1) is 0 Å². The Kier molecular flexibility index (Phi) is 6.42. The number of hydrogen-bond donors (Lipinski definition) is 1. The van der Waals surface area contributed by atoms with E-state index in [1.807, 2.05) is 34.8 Å². The van der Waals surface area contributed by atoms with Gasteiger partial charge >= 0.3 is 0 Å². The quantitative estimate of drug-likeness (QED) is 0.758. The van der Waals surface area contributed by atoms with E-state index in [0.717, 1.165) is 50.1 Å². The van der Waals surface area contributed by atoms with Gasteiger partial charge in [0.2, 0.25) is 5.91 Å². The summed E-state index contributed by atoms with van der Waals surface area (Å²) >= 11 is 0. The van der Waals surface area contributed by atoms with Crippen LogP contribution in [-0.4, -0.2) is 51.5 Å². The maximum absolute atomic E-state index is 12.8. The molecule has 1 saturated heterocycles. The Labute approximate surface area is 178 Å². The van der Waals surface area contributed by atoms with Gasteiger partial charge in [0.1, 0.15) is 5.75 Å². The van der Waals surface area contributed by atoms with Crippen molar-refractivity contribution in [2.75, 3.05) is 19.7 Å². The van der Waals surface area contributed by atoms with Crippen molar-refractivity contribution in [2.45, 2.75) is 58.1 Å². The maximum Gasteiger partial charge on any atom is 0.222 e. The fraction of sp³-hybridized carbons (Fsp3) is 0.583. The normalized spacial score (nSPS) is 25.9. The van der Waals surface area contributed by atoms with Gasteiger partial charge in [-0.05, 0) is 74.6 Å². The van der Waals surface area contributed by atoms with Gasteiger partial charge in [0, 0.05) is 31.9 Å². The minimum absolute atomic E-state index is 0.0270. The molecule has 4 rings (SSSR count). The minimum Gasteiger partial charge on any atom is -0.494 e.